The quantitative estimate of drug-likeness (QED) is 0.796. The van der Waals surface area contributed by atoms with Gasteiger partial charge in [0.25, 0.3) is 11.8 Å². The summed E-state index contributed by atoms with van der Waals surface area (Å²) in [4.78, 5) is 26.2. The molecule has 1 aliphatic heterocycles. The Hall–Kier alpha value is -2.47. The lowest BCUT2D eigenvalue weighted by Gasteiger charge is -2.39. The first-order chi connectivity index (χ1) is 12.8. The van der Waals surface area contributed by atoms with Crippen LogP contribution < -0.4 is 0 Å². The van der Waals surface area contributed by atoms with E-state index in [4.69, 9.17) is 0 Å². The fourth-order valence-corrected chi connectivity index (χ4v) is 4.86. The maximum absolute atomic E-state index is 12.7. The smallest absolute Gasteiger partial charge is 0.258 e. The van der Waals surface area contributed by atoms with E-state index in [1.165, 1.54) is 6.26 Å². The molecule has 2 amide bonds. The summed E-state index contributed by atoms with van der Waals surface area (Å²) < 4.78 is 16.7. The molecule has 0 aromatic heterocycles. The fraction of sp³-hybridized carbons (Fsp3) is 0.333. The molecule has 1 unspecified atom stereocenters. The molecule has 1 saturated heterocycles. The van der Waals surface area contributed by atoms with Crippen molar-refractivity contribution in [3.8, 4) is 0 Å². The van der Waals surface area contributed by atoms with Crippen molar-refractivity contribution in [3.05, 3.63) is 71.3 Å². The topological polar surface area (TPSA) is 66.8 Å². The Bertz CT molecular complexity index is 939. The van der Waals surface area contributed by atoms with Crippen LogP contribution in [-0.4, -0.2) is 46.0 Å². The fourth-order valence-electron chi connectivity index (χ4n) is 3.21. The molecule has 0 spiro atoms. The molecule has 0 bridgehead atoms. The SMILES string of the molecule is Cc1ccc(CC(=O)N=S(C)(=O)CC2CN(C(=O)c3ccccc3)C2)cc1. The third-order valence-corrected chi connectivity index (χ3v) is 6.26. The third-order valence-electron chi connectivity index (χ3n) is 4.58. The minimum Gasteiger partial charge on any atom is -0.338 e. The van der Waals surface area contributed by atoms with Crippen LogP contribution in [0, 0.1) is 12.8 Å². The van der Waals surface area contributed by atoms with Gasteiger partial charge in [0.2, 0.25) is 0 Å². The molecule has 6 heteroatoms. The molecule has 3 rings (SSSR count). The molecule has 1 atom stereocenters. The summed E-state index contributed by atoms with van der Waals surface area (Å²) in [6.07, 6.45) is 1.69. The lowest BCUT2D eigenvalue weighted by molar-refractivity contribution is -0.117. The van der Waals surface area contributed by atoms with Crippen LogP contribution in [0.4, 0.5) is 0 Å². The minimum absolute atomic E-state index is 0.0122. The van der Waals surface area contributed by atoms with Crippen molar-refractivity contribution >= 4 is 21.5 Å². The number of rotatable bonds is 5. The Morgan fingerprint density at radius 2 is 1.70 bits per heavy atom. The number of hydrogen-bond acceptors (Lipinski definition) is 3. The van der Waals surface area contributed by atoms with Crippen LogP contribution in [0.5, 0.6) is 0 Å². The molecule has 2 aromatic rings. The van der Waals surface area contributed by atoms with Gasteiger partial charge >= 0.3 is 0 Å². The largest absolute Gasteiger partial charge is 0.338 e. The van der Waals surface area contributed by atoms with Crippen LogP contribution in [0.2, 0.25) is 0 Å². The summed E-state index contributed by atoms with van der Waals surface area (Å²) in [5, 5.41) is 0. The van der Waals surface area contributed by atoms with E-state index in [0.29, 0.717) is 24.4 Å². The van der Waals surface area contributed by atoms with Crippen molar-refractivity contribution in [2.45, 2.75) is 13.3 Å². The first-order valence-corrected chi connectivity index (χ1v) is 11.0. The summed E-state index contributed by atoms with van der Waals surface area (Å²) in [5.41, 5.74) is 2.65. The number of amides is 2. The summed E-state index contributed by atoms with van der Waals surface area (Å²) in [6, 6.07) is 16.8. The van der Waals surface area contributed by atoms with Crippen molar-refractivity contribution in [1.82, 2.24) is 4.90 Å². The first-order valence-electron chi connectivity index (χ1n) is 8.95. The van der Waals surface area contributed by atoms with E-state index in [1.807, 2.05) is 49.4 Å². The lowest BCUT2D eigenvalue weighted by atomic mass is 10.0. The Morgan fingerprint density at radius 1 is 1.07 bits per heavy atom. The Balaban J connectivity index is 1.53. The molecule has 2 aromatic carbocycles. The van der Waals surface area contributed by atoms with Gasteiger partial charge in [0.1, 0.15) is 0 Å². The van der Waals surface area contributed by atoms with Gasteiger partial charge in [-0.05, 0) is 24.6 Å². The molecule has 1 heterocycles. The highest BCUT2D eigenvalue weighted by Gasteiger charge is 2.32. The molecular formula is C21H24N2O3S. The molecule has 27 heavy (non-hydrogen) atoms. The number of likely N-dealkylation sites (tertiary alicyclic amines) is 1. The van der Waals surface area contributed by atoms with Crippen LogP contribution in [0.15, 0.2) is 59.0 Å². The van der Waals surface area contributed by atoms with Crippen molar-refractivity contribution in [1.29, 1.82) is 0 Å². The zero-order valence-electron chi connectivity index (χ0n) is 15.6. The summed E-state index contributed by atoms with van der Waals surface area (Å²) >= 11 is 0. The lowest BCUT2D eigenvalue weighted by Crippen LogP contribution is -2.52. The highest BCUT2D eigenvalue weighted by atomic mass is 32.2. The molecule has 5 nitrogen and oxygen atoms in total. The van der Waals surface area contributed by atoms with Gasteiger partial charge in [0.15, 0.2) is 0 Å². The Labute approximate surface area is 160 Å². The average Bonchev–Trinajstić information content (AvgIpc) is 2.59. The van der Waals surface area contributed by atoms with Gasteiger partial charge in [-0.15, -0.1) is 0 Å². The standard InChI is InChI=1S/C21H24N2O3S/c1-16-8-10-17(11-9-16)12-20(24)22-27(2,26)15-18-13-23(14-18)21(25)19-6-4-3-5-7-19/h3-11,18H,12-15H2,1-2H3. The van der Waals surface area contributed by atoms with E-state index in [-0.39, 0.29) is 24.2 Å². The number of carbonyl (C=O) groups excluding carboxylic acids is 2. The van der Waals surface area contributed by atoms with E-state index in [0.717, 1.165) is 11.1 Å². The molecule has 1 fully saturated rings. The molecular weight excluding hydrogens is 360 g/mol. The van der Waals surface area contributed by atoms with Crippen LogP contribution in [0.3, 0.4) is 0 Å². The predicted molar refractivity (Wildman–Crippen MR) is 107 cm³/mol. The number of aryl methyl sites for hydroxylation is 1. The maximum atomic E-state index is 12.7. The van der Waals surface area contributed by atoms with Crippen molar-refractivity contribution in [2.24, 2.45) is 10.3 Å². The van der Waals surface area contributed by atoms with Gasteiger partial charge in [0.05, 0.1) is 16.1 Å². The monoisotopic (exact) mass is 384 g/mol. The first kappa shape index (κ1) is 19.3. The summed E-state index contributed by atoms with van der Waals surface area (Å²) in [6.45, 7) is 3.10. The van der Waals surface area contributed by atoms with E-state index in [9.17, 15) is 13.8 Å². The minimum atomic E-state index is -2.60. The van der Waals surface area contributed by atoms with Gasteiger partial charge in [-0.3, -0.25) is 9.59 Å². The van der Waals surface area contributed by atoms with E-state index < -0.39 is 9.73 Å². The predicted octanol–water partition coefficient (Wildman–Crippen LogP) is 2.93. The van der Waals surface area contributed by atoms with Gasteiger partial charge in [-0.25, -0.2) is 4.21 Å². The highest BCUT2D eigenvalue weighted by molar-refractivity contribution is 7.93. The average molecular weight is 385 g/mol. The van der Waals surface area contributed by atoms with Crippen LogP contribution in [0.25, 0.3) is 0 Å². The zero-order chi connectivity index (χ0) is 19.4. The molecule has 0 radical (unpaired) electrons. The molecule has 0 saturated carbocycles. The van der Waals surface area contributed by atoms with Gasteiger partial charge in [-0.1, -0.05) is 48.0 Å². The van der Waals surface area contributed by atoms with E-state index in [1.54, 1.807) is 17.0 Å². The van der Waals surface area contributed by atoms with Crippen molar-refractivity contribution in [3.63, 3.8) is 0 Å². The van der Waals surface area contributed by atoms with Gasteiger partial charge in [-0.2, -0.15) is 4.36 Å². The number of benzene rings is 2. The molecule has 0 aliphatic carbocycles. The number of hydrogen-bond donors (Lipinski definition) is 0. The highest BCUT2D eigenvalue weighted by Crippen LogP contribution is 2.21. The second kappa shape index (κ2) is 8.05. The normalized spacial score (nSPS) is 16.3. The number of carbonyl (C=O) groups is 2. The van der Waals surface area contributed by atoms with Gasteiger partial charge < -0.3 is 4.90 Å². The molecule has 0 N–H and O–H groups in total. The van der Waals surface area contributed by atoms with Crippen LogP contribution in [-0.2, 0) is 20.9 Å². The van der Waals surface area contributed by atoms with Gasteiger partial charge in [0, 0.05) is 36.6 Å². The Morgan fingerprint density at radius 3 is 2.33 bits per heavy atom. The van der Waals surface area contributed by atoms with E-state index in [2.05, 4.69) is 4.36 Å². The second-order valence-electron chi connectivity index (χ2n) is 7.22. The molecule has 1 aliphatic rings. The third kappa shape index (κ3) is 5.26. The Kier molecular flexibility index (Phi) is 5.75. The van der Waals surface area contributed by atoms with E-state index >= 15 is 0 Å². The van der Waals surface area contributed by atoms with Crippen LogP contribution >= 0.6 is 0 Å². The summed E-state index contributed by atoms with van der Waals surface area (Å²) in [5.74, 6) is 0.0846. The number of nitrogens with zero attached hydrogens (tertiary/aromatic N) is 2. The maximum Gasteiger partial charge on any atom is 0.258 e. The van der Waals surface area contributed by atoms with Crippen molar-refractivity contribution < 1.29 is 13.8 Å². The molecule has 142 valence electrons. The van der Waals surface area contributed by atoms with Crippen LogP contribution in [0.1, 0.15) is 21.5 Å². The van der Waals surface area contributed by atoms with Crippen molar-refractivity contribution in [2.75, 3.05) is 25.1 Å². The second-order valence-corrected chi connectivity index (χ2v) is 9.65. The zero-order valence-corrected chi connectivity index (χ0v) is 16.4. The summed E-state index contributed by atoms with van der Waals surface area (Å²) in [7, 11) is -2.60.